The van der Waals surface area contributed by atoms with Crippen molar-refractivity contribution in [3.05, 3.63) is 16.1 Å². The second-order valence-electron chi connectivity index (χ2n) is 3.15. The maximum Gasteiger partial charge on any atom is 0.169 e. The van der Waals surface area contributed by atoms with E-state index in [0.717, 1.165) is 37.3 Å². The van der Waals surface area contributed by atoms with Crippen LogP contribution in [0.15, 0.2) is 5.38 Å². The van der Waals surface area contributed by atoms with Crippen LogP contribution in [0.3, 0.4) is 0 Å². The summed E-state index contributed by atoms with van der Waals surface area (Å²) in [5.74, 6) is 0. The van der Waals surface area contributed by atoms with E-state index in [1.165, 1.54) is 0 Å². The summed E-state index contributed by atoms with van der Waals surface area (Å²) in [5, 5.41) is 2.84. The quantitative estimate of drug-likeness (QED) is 0.678. The van der Waals surface area contributed by atoms with Crippen LogP contribution < -0.4 is 0 Å². The van der Waals surface area contributed by atoms with Crippen molar-refractivity contribution < 1.29 is 4.79 Å². The van der Waals surface area contributed by atoms with Crippen LogP contribution in [-0.4, -0.2) is 29.3 Å². The van der Waals surface area contributed by atoms with E-state index < -0.39 is 0 Å². The van der Waals surface area contributed by atoms with Gasteiger partial charge in [0, 0.05) is 5.38 Å². The summed E-state index contributed by atoms with van der Waals surface area (Å²) in [4.78, 5) is 17.0. The Morgan fingerprint density at radius 1 is 1.57 bits per heavy atom. The van der Waals surface area contributed by atoms with E-state index in [-0.39, 0.29) is 0 Å². The Bertz CT molecular complexity index is 285. The van der Waals surface area contributed by atoms with Crippen LogP contribution in [0.1, 0.15) is 35.8 Å². The Morgan fingerprint density at radius 3 is 2.86 bits per heavy atom. The standard InChI is InChI=1S/C10H16N2OS/c1-3-5-12(4-2)6-10-11-9(7-13)8-14-10/h7-8H,3-6H2,1-2H3. The molecule has 0 spiro atoms. The molecule has 0 atom stereocenters. The van der Waals surface area contributed by atoms with Crippen LogP contribution in [-0.2, 0) is 6.54 Å². The van der Waals surface area contributed by atoms with E-state index in [1.807, 2.05) is 5.38 Å². The molecule has 0 aliphatic rings. The summed E-state index contributed by atoms with van der Waals surface area (Å²) in [7, 11) is 0. The minimum atomic E-state index is 0.553. The van der Waals surface area contributed by atoms with E-state index in [9.17, 15) is 4.79 Å². The number of hydrogen-bond acceptors (Lipinski definition) is 4. The first-order valence-corrected chi connectivity index (χ1v) is 5.80. The van der Waals surface area contributed by atoms with Gasteiger partial charge in [-0.25, -0.2) is 4.98 Å². The molecule has 0 radical (unpaired) electrons. The summed E-state index contributed by atoms with van der Waals surface area (Å²) in [6.07, 6.45) is 1.95. The molecule has 1 aromatic rings. The fourth-order valence-corrected chi connectivity index (χ4v) is 2.09. The molecule has 0 fully saturated rings. The van der Waals surface area contributed by atoms with Crippen LogP contribution in [0.4, 0.5) is 0 Å². The highest BCUT2D eigenvalue weighted by Gasteiger charge is 2.06. The van der Waals surface area contributed by atoms with E-state index in [2.05, 4.69) is 23.7 Å². The van der Waals surface area contributed by atoms with Gasteiger partial charge in [0.25, 0.3) is 0 Å². The molecule has 0 aliphatic heterocycles. The highest BCUT2D eigenvalue weighted by molar-refractivity contribution is 7.09. The Hall–Kier alpha value is -0.740. The number of thiazole rings is 1. The number of carbonyl (C=O) groups excluding carboxylic acids is 1. The van der Waals surface area contributed by atoms with Crippen molar-refractivity contribution in [2.24, 2.45) is 0 Å². The predicted molar refractivity (Wildman–Crippen MR) is 58.7 cm³/mol. The maximum atomic E-state index is 10.4. The Balaban J connectivity index is 2.52. The molecule has 0 aliphatic carbocycles. The number of nitrogens with zero attached hydrogens (tertiary/aromatic N) is 2. The lowest BCUT2D eigenvalue weighted by Gasteiger charge is -2.17. The van der Waals surface area contributed by atoms with Crippen LogP contribution in [0.2, 0.25) is 0 Å². The van der Waals surface area contributed by atoms with E-state index in [1.54, 1.807) is 11.3 Å². The highest BCUT2D eigenvalue weighted by Crippen LogP contribution is 2.11. The zero-order valence-corrected chi connectivity index (χ0v) is 9.51. The zero-order chi connectivity index (χ0) is 10.4. The Labute approximate surface area is 88.8 Å². The van der Waals surface area contributed by atoms with Gasteiger partial charge in [0.1, 0.15) is 10.7 Å². The molecule has 14 heavy (non-hydrogen) atoms. The number of hydrogen-bond donors (Lipinski definition) is 0. The van der Waals surface area contributed by atoms with Gasteiger partial charge in [-0.2, -0.15) is 0 Å². The van der Waals surface area contributed by atoms with Crippen molar-refractivity contribution in [3.63, 3.8) is 0 Å². The minimum Gasteiger partial charge on any atom is -0.297 e. The number of rotatable bonds is 6. The summed E-state index contributed by atoms with van der Waals surface area (Å²) in [5.41, 5.74) is 0.553. The Morgan fingerprint density at radius 2 is 2.36 bits per heavy atom. The molecular formula is C10H16N2OS. The summed E-state index contributed by atoms with van der Waals surface area (Å²) < 4.78 is 0. The zero-order valence-electron chi connectivity index (χ0n) is 8.69. The van der Waals surface area contributed by atoms with Gasteiger partial charge < -0.3 is 0 Å². The van der Waals surface area contributed by atoms with Gasteiger partial charge >= 0.3 is 0 Å². The number of aldehydes is 1. The molecular weight excluding hydrogens is 196 g/mol. The monoisotopic (exact) mass is 212 g/mol. The van der Waals surface area contributed by atoms with Gasteiger partial charge in [0.05, 0.1) is 6.54 Å². The molecule has 0 saturated heterocycles. The fraction of sp³-hybridized carbons (Fsp3) is 0.600. The molecule has 0 amide bonds. The summed E-state index contributed by atoms with van der Waals surface area (Å²) in [6.45, 7) is 7.30. The van der Waals surface area contributed by atoms with Gasteiger partial charge in [0.15, 0.2) is 6.29 Å². The first-order chi connectivity index (χ1) is 6.80. The van der Waals surface area contributed by atoms with Crippen LogP contribution in [0.5, 0.6) is 0 Å². The minimum absolute atomic E-state index is 0.553. The molecule has 0 bridgehead atoms. The molecule has 78 valence electrons. The third-order valence-electron chi connectivity index (χ3n) is 2.04. The topological polar surface area (TPSA) is 33.2 Å². The first-order valence-electron chi connectivity index (χ1n) is 4.92. The second-order valence-corrected chi connectivity index (χ2v) is 4.10. The average Bonchev–Trinajstić information content (AvgIpc) is 2.65. The lowest BCUT2D eigenvalue weighted by atomic mass is 10.4. The third kappa shape index (κ3) is 3.20. The molecule has 3 nitrogen and oxygen atoms in total. The predicted octanol–water partition coefficient (Wildman–Crippen LogP) is 2.19. The normalized spacial score (nSPS) is 10.8. The van der Waals surface area contributed by atoms with Crippen LogP contribution in [0, 0.1) is 0 Å². The first kappa shape index (κ1) is 11.3. The highest BCUT2D eigenvalue weighted by atomic mass is 32.1. The average molecular weight is 212 g/mol. The molecule has 0 saturated carbocycles. The van der Waals surface area contributed by atoms with Crippen molar-refractivity contribution in [2.45, 2.75) is 26.8 Å². The Kier molecular flexibility index (Phi) is 4.76. The van der Waals surface area contributed by atoms with Gasteiger partial charge in [-0.15, -0.1) is 11.3 Å². The van der Waals surface area contributed by atoms with Gasteiger partial charge in [-0.05, 0) is 19.5 Å². The summed E-state index contributed by atoms with van der Waals surface area (Å²) in [6, 6.07) is 0. The fourth-order valence-electron chi connectivity index (χ4n) is 1.31. The lowest BCUT2D eigenvalue weighted by molar-refractivity contribution is 0.111. The van der Waals surface area contributed by atoms with Crippen molar-refractivity contribution in [1.82, 2.24) is 9.88 Å². The van der Waals surface area contributed by atoms with Crippen LogP contribution >= 0.6 is 11.3 Å². The van der Waals surface area contributed by atoms with E-state index in [0.29, 0.717) is 5.69 Å². The molecule has 1 heterocycles. The van der Waals surface area contributed by atoms with Gasteiger partial charge in [-0.1, -0.05) is 13.8 Å². The second kappa shape index (κ2) is 5.88. The van der Waals surface area contributed by atoms with Gasteiger partial charge in [-0.3, -0.25) is 9.69 Å². The van der Waals surface area contributed by atoms with Gasteiger partial charge in [0.2, 0.25) is 0 Å². The van der Waals surface area contributed by atoms with Crippen molar-refractivity contribution in [2.75, 3.05) is 13.1 Å². The number of carbonyl (C=O) groups is 1. The molecule has 0 unspecified atom stereocenters. The van der Waals surface area contributed by atoms with Crippen molar-refractivity contribution >= 4 is 17.6 Å². The van der Waals surface area contributed by atoms with E-state index in [4.69, 9.17) is 0 Å². The van der Waals surface area contributed by atoms with Crippen molar-refractivity contribution in [1.29, 1.82) is 0 Å². The third-order valence-corrected chi connectivity index (χ3v) is 2.89. The van der Waals surface area contributed by atoms with Crippen molar-refractivity contribution in [3.8, 4) is 0 Å². The lowest BCUT2D eigenvalue weighted by Crippen LogP contribution is -2.23. The smallest absolute Gasteiger partial charge is 0.169 e. The molecule has 0 N–H and O–H groups in total. The molecule has 1 rings (SSSR count). The number of aromatic nitrogens is 1. The summed E-state index contributed by atoms with van der Waals surface area (Å²) >= 11 is 1.56. The molecule has 0 aromatic carbocycles. The van der Waals surface area contributed by atoms with E-state index >= 15 is 0 Å². The maximum absolute atomic E-state index is 10.4. The molecule has 4 heteroatoms. The van der Waals surface area contributed by atoms with Crippen LogP contribution in [0.25, 0.3) is 0 Å². The molecule has 1 aromatic heterocycles. The SMILES string of the molecule is CCCN(CC)Cc1nc(C=O)cs1. The largest absolute Gasteiger partial charge is 0.297 e.